The third kappa shape index (κ3) is 5.92. The molecular formula is C7H13NO2P+. The molecule has 62 valence electrons. The molecule has 11 heavy (non-hydrogen) atoms. The van der Waals surface area contributed by atoms with Crippen LogP contribution < -0.4 is 0 Å². The number of hydrogen-bond donors (Lipinski definition) is 1. The van der Waals surface area contributed by atoms with Crippen LogP contribution in [0.5, 0.6) is 0 Å². The number of hydrogen-bond acceptors (Lipinski definition) is 2. The first kappa shape index (κ1) is 10.5. The molecule has 0 aliphatic carbocycles. The molecule has 0 spiro atoms. The Labute approximate surface area is 67.9 Å². The molecule has 0 rings (SSSR count). The normalized spacial score (nSPS) is 11.3. The Morgan fingerprint density at radius 1 is 1.36 bits per heavy atom. The van der Waals surface area contributed by atoms with Gasteiger partial charge in [-0.15, -0.1) is 13.2 Å². The van der Waals surface area contributed by atoms with E-state index >= 15 is 0 Å². The Balaban J connectivity index is 3.76. The third-order valence-electron chi connectivity index (χ3n) is 1.10. The van der Waals surface area contributed by atoms with E-state index in [9.17, 15) is 4.57 Å². The fraction of sp³-hybridized carbons (Fsp3) is 0.429. The van der Waals surface area contributed by atoms with Gasteiger partial charge in [0.25, 0.3) is 0 Å². The van der Waals surface area contributed by atoms with Crippen molar-refractivity contribution in [3.05, 3.63) is 25.3 Å². The SMILES string of the molecule is C=CCN(CC=C)C[P+](=O)O. The van der Waals surface area contributed by atoms with Gasteiger partial charge < -0.3 is 0 Å². The number of rotatable bonds is 6. The van der Waals surface area contributed by atoms with Crippen molar-refractivity contribution in [1.82, 2.24) is 4.90 Å². The highest BCUT2D eigenvalue weighted by Crippen LogP contribution is 2.14. The van der Waals surface area contributed by atoms with E-state index in [0.29, 0.717) is 13.1 Å². The van der Waals surface area contributed by atoms with Crippen molar-refractivity contribution in [1.29, 1.82) is 0 Å². The van der Waals surface area contributed by atoms with E-state index in [1.54, 1.807) is 17.1 Å². The van der Waals surface area contributed by atoms with Crippen LogP contribution in [0.25, 0.3) is 0 Å². The minimum atomic E-state index is -2.08. The summed E-state index contributed by atoms with van der Waals surface area (Å²) < 4.78 is 10.4. The first-order valence-electron chi connectivity index (χ1n) is 3.28. The van der Waals surface area contributed by atoms with Gasteiger partial charge in [-0.3, -0.25) is 4.90 Å². The molecule has 4 heteroatoms. The maximum Gasteiger partial charge on any atom is 0.521 e. The van der Waals surface area contributed by atoms with Crippen molar-refractivity contribution in [2.24, 2.45) is 0 Å². The molecule has 0 saturated carbocycles. The van der Waals surface area contributed by atoms with Gasteiger partial charge in [0.1, 0.15) is 0 Å². The highest BCUT2D eigenvalue weighted by Gasteiger charge is 2.15. The molecule has 1 N–H and O–H groups in total. The zero-order valence-corrected chi connectivity index (χ0v) is 7.33. The Kier molecular flexibility index (Phi) is 5.94. The molecule has 0 aromatic carbocycles. The second-order valence-corrected chi connectivity index (χ2v) is 3.09. The summed E-state index contributed by atoms with van der Waals surface area (Å²) in [5, 5.41) is 0. The predicted molar refractivity (Wildman–Crippen MR) is 46.7 cm³/mol. The minimum absolute atomic E-state index is 0.188. The Morgan fingerprint density at radius 2 is 1.82 bits per heavy atom. The van der Waals surface area contributed by atoms with Crippen molar-refractivity contribution in [2.45, 2.75) is 0 Å². The topological polar surface area (TPSA) is 40.5 Å². The molecule has 0 amide bonds. The maximum atomic E-state index is 10.4. The van der Waals surface area contributed by atoms with Crippen molar-refractivity contribution < 1.29 is 9.46 Å². The van der Waals surface area contributed by atoms with Crippen LogP contribution >= 0.6 is 8.03 Å². The Bertz CT molecular complexity index is 149. The molecule has 0 fully saturated rings. The summed E-state index contributed by atoms with van der Waals surface area (Å²) in [7, 11) is -2.08. The minimum Gasteiger partial charge on any atom is -0.253 e. The molecule has 0 radical (unpaired) electrons. The average Bonchev–Trinajstić information content (AvgIpc) is 1.87. The van der Waals surface area contributed by atoms with Crippen LogP contribution in [-0.2, 0) is 4.57 Å². The quantitative estimate of drug-likeness (QED) is 0.488. The van der Waals surface area contributed by atoms with Crippen LogP contribution in [0.1, 0.15) is 0 Å². The molecule has 0 bridgehead atoms. The highest BCUT2D eigenvalue weighted by atomic mass is 31.1. The summed E-state index contributed by atoms with van der Waals surface area (Å²) in [5.41, 5.74) is 0. The summed E-state index contributed by atoms with van der Waals surface area (Å²) in [5.74, 6) is 0. The standard InChI is InChI=1S/C7H12NO2P/c1-3-5-8(6-4-2)7-11(9)10/h3-4H,1-2,5-7H2/p+1. The van der Waals surface area contributed by atoms with E-state index in [0.717, 1.165) is 0 Å². The van der Waals surface area contributed by atoms with Gasteiger partial charge in [-0.25, -0.2) is 0 Å². The summed E-state index contributed by atoms with van der Waals surface area (Å²) in [4.78, 5) is 10.4. The predicted octanol–water partition coefficient (Wildman–Crippen LogP) is 1.35. The van der Waals surface area contributed by atoms with E-state index in [1.807, 2.05) is 0 Å². The van der Waals surface area contributed by atoms with Crippen LogP contribution in [0.3, 0.4) is 0 Å². The third-order valence-corrected chi connectivity index (χ3v) is 1.74. The molecule has 0 saturated heterocycles. The zero-order chi connectivity index (χ0) is 8.69. The second-order valence-electron chi connectivity index (χ2n) is 2.11. The van der Waals surface area contributed by atoms with Crippen molar-refractivity contribution in [2.75, 3.05) is 19.4 Å². The lowest BCUT2D eigenvalue weighted by atomic mass is 10.5. The molecule has 0 aromatic rings. The smallest absolute Gasteiger partial charge is 0.253 e. The average molecular weight is 174 g/mol. The molecule has 3 nitrogen and oxygen atoms in total. The van der Waals surface area contributed by atoms with Crippen LogP contribution in [0.4, 0.5) is 0 Å². The fourth-order valence-corrected chi connectivity index (χ4v) is 1.30. The molecule has 0 aliphatic rings. The highest BCUT2D eigenvalue weighted by molar-refractivity contribution is 7.37. The van der Waals surface area contributed by atoms with Gasteiger partial charge >= 0.3 is 8.03 Å². The maximum absolute atomic E-state index is 10.4. The first-order valence-corrected chi connectivity index (χ1v) is 4.68. The van der Waals surface area contributed by atoms with E-state index in [2.05, 4.69) is 13.2 Å². The summed E-state index contributed by atoms with van der Waals surface area (Å²) >= 11 is 0. The molecular weight excluding hydrogens is 161 g/mol. The molecule has 0 aliphatic heterocycles. The lowest BCUT2D eigenvalue weighted by Gasteiger charge is -2.10. The lowest BCUT2D eigenvalue weighted by Crippen LogP contribution is -2.23. The van der Waals surface area contributed by atoms with E-state index in [1.165, 1.54) is 0 Å². The molecule has 0 aromatic heterocycles. The lowest BCUT2D eigenvalue weighted by molar-refractivity contribution is 0.370. The molecule has 0 heterocycles. The molecule has 1 atom stereocenters. The van der Waals surface area contributed by atoms with Crippen molar-refractivity contribution >= 4 is 8.03 Å². The van der Waals surface area contributed by atoms with Gasteiger partial charge in [-0.05, 0) is 4.57 Å². The van der Waals surface area contributed by atoms with Crippen LogP contribution in [-0.4, -0.2) is 29.2 Å². The Morgan fingerprint density at radius 3 is 2.09 bits per heavy atom. The van der Waals surface area contributed by atoms with Gasteiger partial charge in [0.05, 0.1) is 0 Å². The first-order chi connectivity index (χ1) is 5.20. The van der Waals surface area contributed by atoms with Gasteiger partial charge in [-0.1, -0.05) is 12.2 Å². The Hall–Kier alpha value is -0.500. The van der Waals surface area contributed by atoms with E-state index < -0.39 is 8.03 Å². The van der Waals surface area contributed by atoms with E-state index in [4.69, 9.17) is 4.89 Å². The number of nitrogens with zero attached hydrogens (tertiary/aromatic N) is 1. The summed E-state index contributed by atoms with van der Waals surface area (Å²) in [6.45, 7) is 8.31. The van der Waals surface area contributed by atoms with Gasteiger partial charge in [0.15, 0.2) is 0 Å². The largest absolute Gasteiger partial charge is 0.521 e. The van der Waals surface area contributed by atoms with Crippen molar-refractivity contribution in [3.8, 4) is 0 Å². The van der Waals surface area contributed by atoms with Crippen LogP contribution in [0.15, 0.2) is 25.3 Å². The van der Waals surface area contributed by atoms with Gasteiger partial charge in [0.2, 0.25) is 6.29 Å². The fourth-order valence-electron chi connectivity index (χ4n) is 0.726. The second kappa shape index (κ2) is 6.23. The monoisotopic (exact) mass is 174 g/mol. The van der Waals surface area contributed by atoms with Gasteiger partial charge in [-0.2, -0.15) is 4.89 Å². The zero-order valence-electron chi connectivity index (χ0n) is 6.44. The van der Waals surface area contributed by atoms with Crippen molar-refractivity contribution in [3.63, 3.8) is 0 Å². The van der Waals surface area contributed by atoms with E-state index in [-0.39, 0.29) is 6.29 Å². The van der Waals surface area contributed by atoms with Crippen LogP contribution in [0, 0.1) is 0 Å². The molecule has 1 unspecified atom stereocenters. The summed E-state index contributed by atoms with van der Waals surface area (Å²) in [6, 6.07) is 0. The van der Waals surface area contributed by atoms with Gasteiger partial charge in [0, 0.05) is 13.1 Å². The summed E-state index contributed by atoms with van der Waals surface area (Å²) in [6.07, 6.45) is 3.58. The van der Waals surface area contributed by atoms with Crippen LogP contribution in [0.2, 0.25) is 0 Å².